The van der Waals surface area contributed by atoms with Crippen LogP contribution in [0, 0.1) is 6.92 Å². The second kappa shape index (κ2) is 6.49. The summed E-state index contributed by atoms with van der Waals surface area (Å²) in [5.41, 5.74) is 0. The Morgan fingerprint density at radius 1 is 1.33 bits per heavy atom. The number of H-pyrrole nitrogens is 1. The Morgan fingerprint density at radius 2 is 2.10 bits per heavy atom. The number of aryl methyl sites for hydroxylation is 1. The molecule has 112 valence electrons. The monoisotopic (exact) mass is 307 g/mol. The van der Waals surface area contributed by atoms with Crippen molar-refractivity contribution in [3.05, 3.63) is 34.0 Å². The maximum Gasteiger partial charge on any atom is 0.264 e. The fourth-order valence-corrected chi connectivity index (χ4v) is 2.46. The van der Waals surface area contributed by atoms with Gasteiger partial charge in [0.25, 0.3) is 5.91 Å². The zero-order valence-electron chi connectivity index (χ0n) is 12.2. The molecule has 0 fully saturated rings. The van der Waals surface area contributed by atoms with E-state index in [0.29, 0.717) is 23.1 Å². The van der Waals surface area contributed by atoms with Crippen LogP contribution < -0.4 is 0 Å². The number of hydrogen-bond acceptors (Lipinski definition) is 5. The number of rotatable bonds is 5. The first-order valence-electron chi connectivity index (χ1n) is 6.38. The molecule has 2 heterocycles. The third-order valence-electron chi connectivity index (χ3n) is 2.90. The van der Waals surface area contributed by atoms with Crippen LogP contribution in [0.25, 0.3) is 0 Å². The van der Waals surface area contributed by atoms with Crippen LogP contribution in [-0.2, 0) is 11.3 Å². The zero-order chi connectivity index (χ0) is 15.4. The smallest absolute Gasteiger partial charge is 0.264 e. The van der Waals surface area contributed by atoms with E-state index in [9.17, 15) is 9.59 Å². The molecule has 8 heteroatoms. The van der Waals surface area contributed by atoms with E-state index in [0.717, 1.165) is 0 Å². The van der Waals surface area contributed by atoms with Gasteiger partial charge < -0.3 is 9.80 Å². The first-order chi connectivity index (χ1) is 9.97. The number of aromatic amines is 1. The highest BCUT2D eigenvalue weighted by molar-refractivity contribution is 7.12. The van der Waals surface area contributed by atoms with Crippen molar-refractivity contribution in [1.29, 1.82) is 0 Å². The summed E-state index contributed by atoms with van der Waals surface area (Å²) in [5.74, 6) is 0.941. The quantitative estimate of drug-likeness (QED) is 0.890. The summed E-state index contributed by atoms with van der Waals surface area (Å²) in [5, 5.41) is 8.55. The first-order valence-corrected chi connectivity index (χ1v) is 7.26. The van der Waals surface area contributed by atoms with E-state index in [-0.39, 0.29) is 18.4 Å². The van der Waals surface area contributed by atoms with Crippen molar-refractivity contribution in [2.75, 3.05) is 20.6 Å². The van der Waals surface area contributed by atoms with Crippen LogP contribution in [0.2, 0.25) is 0 Å². The summed E-state index contributed by atoms with van der Waals surface area (Å²) >= 11 is 1.36. The van der Waals surface area contributed by atoms with E-state index in [4.69, 9.17) is 0 Å². The Labute approximate surface area is 126 Å². The molecular weight excluding hydrogens is 290 g/mol. The third-order valence-corrected chi connectivity index (χ3v) is 3.76. The number of hydrogen-bond donors (Lipinski definition) is 1. The molecule has 2 aromatic heterocycles. The lowest BCUT2D eigenvalue weighted by Gasteiger charge is -2.20. The first kappa shape index (κ1) is 15.2. The molecule has 2 amide bonds. The van der Waals surface area contributed by atoms with Crippen molar-refractivity contribution < 1.29 is 9.59 Å². The van der Waals surface area contributed by atoms with Crippen LogP contribution in [-0.4, -0.2) is 57.4 Å². The van der Waals surface area contributed by atoms with Gasteiger partial charge in [-0.05, 0) is 18.4 Å². The van der Waals surface area contributed by atoms with E-state index in [1.165, 1.54) is 21.1 Å². The highest BCUT2D eigenvalue weighted by Crippen LogP contribution is 2.11. The molecule has 0 aliphatic carbocycles. The van der Waals surface area contributed by atoms with Crippen molar-refractivity contribution in [2.45, 2.75) is 13.5 Å². The Kier molecular flexibility index (Phi) is 4.69. The second-order valence-corrected chi connectivity index (χ2v) is 5.67. The molecule has 7 nitrogen and oxygen atoms in total. The van der Waals surface area contributed by atoms with Crippen LogP contribution in [0.5, 0.6) is 0 Å². The lowest BCUT2D eigenvalue weighted by molar-refractivity contribution is -0.131. The number of nitrogens with zero attached hydrogens (tertiary/aromatic N) is 4. The third kappa shape index (κ3) is 3.88. The van der Waals surface area contributed by atoms with Gasteiger partial charge in [0.05, 0.1) is 18.0 Å². The minimum atomic E-state index is -0.162. The van der Waals surface area contributed by atoms with Crippen LogP contribution in [0.3, 0.4) is 0 Å². The number of thiophene rings is 1. The highest BCUT2D eigenvalue weighted by atomic mass is 32.1. The van der Waals surface area contributed by atoms with Gasteiger partial charge in [-0.2, -0.15) is 5.10 Å². The van der Waals surface area contributed by atoms with Crippen molar-refractivity contribution >= 4 is 23.2 Å². The fourth-order valence-electron chi connectivity index (χ4n) is 1.74. The summed E-state index contributed by atoms with van der Waals surface area (Å²) in [4.78, 5) is 31.9. The lowest BCUT2D eigenvalue weighted by Crippen LogP contribution is -2.39. The van der Waals surface area contributed by atoms with Crippen molar-refractivity contribution in [1.82, 2.24) is 25.0 Å². The van der Waals surface area contributed by atoms with Gasteiger partial charge in [-0.1, -0.05) is 6.07 Å². The Balaban J connectivity index is 1.89. The molecule has 21 heavy (non-hydrogen) atoms. The number of nitrogens with one attached hydrogen (secondary N) is 1. The average Bonchev–Trinajstić information content (AvgIpc) is 3.09. The molecule has 0 saturated carbocycles. The van der Waals surface area contributed by atoms with Gasteiger partial charge in [0.15, 0.2) is 5.82 Å². The molecule has 0 unspecified atom stereocenters. The molecule has 0 aliphatic rings. The van der Waals surface area contributed by atoms with Gasteiger partial charge in [-0.3, -0.25) is 14.7 Å². The summed E-state index contributed by atoms with van der Waals surface area (Å²) in [6, 6.07) is 3.55. The van der Waals surface area contributed by atoms with Gasteiger partial charge in [-0.25, -0.2) is 4.98 Å². The molecule has 0 aromatic carbocycles. The minimum Gasteiger partial charge on any atom is -0.337 e. The van der Waals surface area contributed by atoms with Crippen LogP contribution in [0.15, 0.2) is 17.5 Å². The number of carbonyl (C=O) groups is 2. The van der Waals surface area contributed by atoms with Crippen molar-refractivity contribution in [2.24, 2.45) is 0 Å². The molecule has 0 atom stereocenters. The SMILES string of the molecule is Cc1nc(CN(C)C(=O)CN(C)C(=O)c2cccs2)n[nH]1. The van der Waals surface area contributed by atoms with Crippen LogP contribution >= 0.6 is 11.3 Å². The zero-order valence-corrected chi connectivity index (χ0v) is 13.0. The summed E-state index contributed by atoms with van der Waals surface area (Å²) in [7, 11) is 3.28. The lowest BCUT2D eigenvalue weighted by atomic mass is 10.4. The number of likely N-dealkylation sites (N-methyl/N-ethyl adjacent to an activating group) is 2. The minimum absolute atomic E-state index is 0.0244. The van der Waals surface area contributed by atoms with E-state index in [1.807, 2.05) is 11.4 Å². The molecule has 2 rings (SSSR count). The van der Waals surface area contributed by atoms with Crippen molar-refractivity contribution in [3.8, 4) is 0 Å². The normalized spacial score (nSPS) is 10.4. The van der Waals surface area contributed by atoms with Gasteiger partial charge in [0.2, 0.25) is 5.91 Å². The molecule has 0 spiro atoms. The van der Waals surface area contributed by atoms with Crippen molar-refractivity contribution in [3.63, 3.8) is 0 Å². The van der Waals surface area contributed by atoms with E-state index < -0.39 is 0 Å². The molecule has 0 saturated heterocycles. The number of carbonyl (C=O) groups excluding carboxylic acids is 2. The molecule has 0 aliphatic heterocycles. The second-order valence-electron chi connectivity index (χ2n) is 4.73. The van der Waals surface area contributed by atoms with Gasteiger partial charge in [0, 0.05) is 14.1 Å². The van der Waals surface area contributed by atoms with E-state index in [2.05, 4.69) is 15.2 Å². The number of aromatic nitrogens is 3. The molecular formula is C13H17N5O2S. The Hall–Kier alpha value is -2.22. The summed E-state index contributed by atoms with van der Waals surface area (Å²) < 4.78 is 0. The highest BCUT2D eigenvalue weighted by Gasteiger charge is 2.18. The van der Waals surface area contributed by atoms with Gasteiger partial charge >= 0.3 is 0 Å². The largest absolute Gasteiger partial charge is 0.337 e. The average molecular weight is 307 g/mol. The predicted molar refractivity (Wildman–Crippen MR) is 78.9 cm³/mol. The Morgan fingerprint density at radius 3 is 2.67 bits per heavy atom. The number of amides is 2. The molecule has 0 bridgehead atoms. The fraction of sp³-hybridized carbons (Fsp3) is 0.385. The van der Waals surface area contributed by atoms with Gasteiger partial charge in [0.1, 0.15) is 5.82 Å². The Bertz CT molecular complexity index is 622. The van der Waals surface area contributed by atoms with Gasteiger partial charge in [-0.15, -0.1) is 11.3 Å². The van der Waals surface area contributed by atoms with Crippen LogP contribution in [0.4, 0.5) is 0 Å². The van der Waals surface area contributed by atoms with E-state index in [1.54, 1.807) is 27.1 Å². The molecule has 1 N–H and O–H groups in total. The standard InChI is InChI=1S/C13H17N5O2S/c1-9-14-11(16-15-9)7-17(2)12(19)8-18(3)13(20)10-5-4-6-21-10/h4-6H,7-8H2,1-3H3,(H,14,15,16). The summed E-state index contributed by atoms with van der Waals surface area (Å²) in [6.45, 7) is 2.13. The summed E-state index contributed by atoms with van der Waals surface area (Å²) in [6.07, 6.45) is 0. The maximum atomic E-state index is 12.1. The predicted octanol–water partition coefficient (Wildman–Crippen LogP) is 0.905. The topological polar surface area (TPSA) is 82.2 Å². The van der Waals surface area contributed by atoms with E-state index >= 15 is 0 Å². The molecule has 2 aromatic rings. The maximum absolute atomic E-state index is 12.1. The van der Waals surface area contributed by atoms with Crippen LogP contribution in [0.1, 0.15) is 21.3 Å². The molecule has 0 radical (unpaired) electrons.